The van der Waals surface area contributed by atoms with E-state index in [0.717, 1.165) is 11.4 Å². The average molecular weight is 524 g/mol. The molecule has 2 aromatic carbocycles. The van der Waals surface area contributed by atoms with E-state index in [9.17, 15) is 19.7 Å². The van der Waals surface area contributed by atoms with Crippen LogP contribution in [0.25, 0.3) is 5.69 Å². The van der Waals surface area contributed by atoms with Gasteiger partial charge in [0.25, 0.3) is 11.6 Å². The Balaban J connectivity index is 1.88. The summed E-state index contributed by atoms with van der Waals surface area (Å²) in [6.07, 6.45) is 0. The van der Waals surface area contributed by atoms with Crippen LogP contribution in [-0.2, 0) is 14.9 Å². The number of hydrogen-bond acceptors (Lipinski definition) is 7. The lowest BCUT2D eigenvalue weighted by Crippen LogP contribution is -2.40. The molecule has 0 aliphatic heterocycles. The average Bonchev–Trinajstić information content (AvgIpc) is 3.30. The summed E-state index contributed by atoms with van der Waals surface area (Å²) in [6.45, 7) is 7.67. The van der Waals surface area contributed by atoms with E-state index in [1.807, 2.05) is 32.9 Å². The first-order valence-corrected chi connectivity index (χ1v) is 12.0. The summed E-state index contributed by atoms with van der Waals surface area (Å²) in [5.74, 6) is 0.159. The molecule has 0 aliphatic rings. The molecule has 0 saturated heterocycles. The van der Waals surface area contributed by atoms with E-state index in [2.05, 4.69) is 5.32 Å². The third kappa shape index (κ3) is 6.74. The van der Waals surface area contributed by atoms with Crippen LogP contribution in [0.3, 0.4) is 0 Å². The lowest BCUT2D eigenvalue weighted by molar-refractivity contribution is -0.385. The van der Waals surface area contributed by atoms with Gasteiger partial charge in [-0.25, -0.2) is 4.68 Å². The molecular formula is C27H33N5O6. The van der Waals surface area contributed by atoms with Crippen molar-refractivity contribution in [3.8, 4) is 11.4 Å². The molecule has 0 aliphatic carbocycles. The number of ether oxygens (including phenoxy) is 2. The van der Waals surface area contributed by atoms with E-state index in [4.69, 9.17) is 14.6 Å². The van der Waals surface area contributed by atoms with Gasteiger partial charge in [-0.15, -0.1) is 0 Å². The fourth-order valence-electron chi connectivity index (χ4n) is 3.69. The molecule has 0 radical (unpaired) electrons. The maximum absolute atomic E-state index is 13.2. The number of rotatable bonds is 10. The van der Waals surface area contributed by atoms with Crippen molar-refractivity contribution in [2.24, 2.45) is 0 Å². The van der Waals surface area contributed by atoms with E-state index in [1.54, 1.807) is 36.9 Å². The second kappa shape index (κ2) is 11.9. The molecule has 3 aromatic rings. The van der Waals surface area contributed by atoms with E-state index < -0.39 is 16.7 Å². The standard InChI is InChI=1S/C27H33N5O6/c1-18-7-8-19(15-22(18)32(35)36)26(34)30(13-14-37-5)17-25(33)28-24-16-23(27(2,3)4)29-31(24)20-9-11-21(38-6)12-10-20/h7-12,15-16H,13-14,17H2,1-6H3,(H,28,33). The van der Waals surface area contributed by atoms with Crippen LogP contribution in [0, 0.1) is 17.0 Å². The lowest BCUT2D eigenvalue weighted by atomic mass is 9.92. The summed E-state index contributed by atoms with van der Waals surface area (Å²) in [7, 11) is 3.07. The van der Waals surface area contributed by atoms with Gasteiger partial charge in [-0.2, -0.15) is 5.10 Å². The molecule has 0 spiro atoms. The van der Waals surface area contributed by atoms with Gasteiger partial charge >= 0.3 is 0 Å². The topological polar surface area (TPSA) is 129 Å². The summed E-state index contributed by atoms with van der Waals surface area (Å²) in [6, 6.07) is 13.3. The van der Waals surface area contributed by atoms with Crippen LogP contribution in [0.5, 0.6) is 5.75 Å². The van der Waals surface area contributed by atoms with Gasteiger partial charge in [0.2, 0.25) is 5.91 Å². The van der Waals surface area contributed by atoms with Crippen LogP contribution >= 0.6 is 0 Å². The molecule has 11 heteroatoms. The maximum atomic E-state index is 13.2. The number of amides is 2. The number of nitro groups is 1. The minimum Gasteiger partial charge on any atom is -0.497 e. The number of benzene rings is 2. The Morgan fingerprint density at radius 2 is 1.79 bits per heavy atom. The number of aryl methyl sites for hydroxylation is 1. The molecule has 0 bridgehead atoms. The number of carbonyl (C=O) groups is 2. The van der Waals surface area contributed by atoms with Crippen LogP contribution in [0.4, 0.5) is 11.5 Å². The van der Waals surface area contributed by atoms with Crippen LogP contribution in [0.15, 0.2) is 48.5 Å². The summed E-state index contributed by atoms with van der Waals surface area (Å²) in [5, 5.41) is 18.9. The van der Waals surface area contributed by atoms with Crippen LogP contribution < -0.4 is 10.1 Å². The van der Waals surface area contributed by atoms with Gasteiger partial charge in [-0.1, -0.05) is 26.8 Å². The number of aromatic nitrogens is 2. The first-order chi connectivity index (χ1) is 17.9. The fraction of sp³-hybridized carbons (Fsp3) is 0.370. The SMILES string of the molecule is COCCN(CC(=O)Nc1cc(C(C)(C)C)nn1-c1ccc(OC)cc1)C(=O)c1ccc(C)c([N+](=O)[O-])c1. The lowest BCUT2D eigenvalue weighted by Gasteiger charge is -2.22. The zero-order valence-electron chi connectivity index (χ0n) is 22.5. The number of methoxy groups -OCH3 is 2. The number of nitro benzene ring substituents is 1. The van der Waals surface area contributed by atoms with Crippen LogP contribution in [0.1, 0.15) is 42.4 Å². The van der Waals surface area contributed by atoms with Crippen LogP contribution in [-0.4, -0.2) is 65.3 Å². The molecule has 0 atom stereocenters. The Labute approximate surface area is 221 Å². The van der Waals surface area contributed by atoms with Crippen molar-refractivity contribution >= 4 is 23.3 Å². The zero-order valence-corrected chi connectivity index (χ0v) is 22.5. The highest BCUT2D eigenvalue weighted by Gasteiger charge is 2.25. The Hall–Kier alpha value is -4.25. The van der Waals surface area contributed by atoms with E-state index in [1.165, 1.54) is 30.2 Å². The summed E-state index contributed by atoms with van der Waals surface area (Å²) in [5.41, 5.74) is 1.60. The Morgan fingerprint density at radius 1 is 1.11 bits per heavy atom. The second-order valence-corrected chi connectivity index (χ2v) is 9.80. The number of carbonyl (C=O) groups excluding carboxylic acids is 2. The molecule has 1 aromatic heterocycles. The molecule has 0 fully saturated rings. The Morgan fingerprint density at radius 3 is 2.37 bits per heavy atom. The van der Waals surface area contributed by atoms with Gasteiger partial charge in [0.05, 0.1) is 30.0 Å². The number of hydrogen-bond donors (Lipinski definition) is 1. The van der Waals surface area contributed by atoms with Gasteiger partial charge in [-0.05, 0) is 37.3 Å². The van der Waals surface area contributed by atoms with Crippen LogP contribution in [0.2, 0.25) is 0 Å². The Kier molecular flexibility index (Phi) is 8.84. The van der Waals surface area contributed by atoms with Gasteiger partial charge in [0.1, 0.15) is 18.1 Å². The summed E-state index contributed by atoms with van der Waals surface area (Å²) >= 11 is 0. The molecule has 2 amide bonds. The first-order valence-electron chi connectivity index (χ1n) is 12.0. The normalized spacial score (nSPS) is 11.2. The molecular weight excluding hydrogens is 490 g/mol. The number of nitrogens with zero attached hydrogens (tertiary/aromatic N) is 4. The predicted molar refractivity (Wildman–Crippen MR) is 143 cm³/mol. The molecule has 38 heavy (non-hydrogen) atoms. The maximum Gasteiger partial charge on any atom is 0.273 e. The van der Waals surface area contributed by atoms with E-state index in [0.29, 0.717) is 17.1 Å². The fourth-order valence-corrected chi connectivity index (χ4v) is 3.69. The molecule has 0 unspecified atom stereocenters. The zero-order chi connectivity index (χ0) is 28.0. The molecule has 3 rings (SSSR count). The first kappa shape index (κ1) is 28.3. The van der Waals surface area contributed by atoms with E-state index >= 15 is 0 Å². The second-order valence-electron chi connectivity index (χ2n) is 9.80. The molecule has 11 nitrogen and oxygen atoms in total. The van der Waals surface area contributed by atoms with Gasteiger partial charge < -0.3 is 19.7 Å². The molecule has 202 valence electrons. The molecule has 1 heterocycles. The van der Waals surface area contributed by atoms with Crippen molar-refractivity contribution in [2.75, 3.05) is 39.2 Å². The van der Waals surface area contributed by atoms with Crippen molar-refractivity contribution < 1.29 is 24.0 Å². The third-order valence-electron chi connectivity index (χ3n) is 5.90. The minimum absolute atomic E-state index is 0.115. The van der Waals surface area contributed by atoms with Crippen molar-refractivity contribution in [2.45, 2.75) is 33.1 Å². The van der Waals surface area contributed by atoms with Gasteiger partial charge in [-0.3, -0.25) is 19.7 Å². The highest BCUT2D eigenvalue weighted by molar-refractivity contribution is 5.99. The van der Waals surface area contributed by atoms with Crippen molar-refractivity contribution in [1.82, 2.24) is 14.7 Å². The third-order valence-corrected chi connectivity index (χ3v) is 5.90. The van der Waals surface area contributed by atoms with Crippen molar-refractivity contribution in [3.63, 3.8) is 0 Å². The van der Waals surface area contributed by atoms with Gasteiger partial charge in [0, 0.05) is 42.3 Å². The van der Waals surface area contributed by atoms with Crippen molar-refractivity contribution in [1.29, 1.82) is 0 Å². The summed E-state index contributed by atoms with van der Waals surface area (Å²) < 4.78 is 12.0. The highest BCUT2D eigenvalue weighted by Crippen LogP contribution is 2.27. The smallest absolute Gasteiger partial charge is 0.273 e. The quantitative estimate of drug-likeness (QED) is 0.313. The summed E-state index contributed by atoms with van der Waals surface area (Å²) in [4.78, 5) is 38.5. The number of nitrogens with one attached hydrogen (secondary N) is 1. The molecule has 1 N–H and O–H groups in total. The minimum atomic E-state index is -0.536. The van der Waals surface area contributed by atoms with E-state index in [-0.39, 0.29) is 36.4 Å². The highest BCUT2D eigenvalue weighted by atomic mass is 16.6. The monoisotopic (exact) mass is 523 g/mol. The van der Waals surface area contributed by atoms with Crippen molar-refractivity contribution in [3.05, 3.63) is 75.5 Å². The predicted octanol–water partition coefficient (Wildman–Crippen LogP) is 4.12. The molecule has 0 saturated carbocycles. The van der Waals surface area contributed by atoms with Gasteiger partial charge in [0.15, 0.2) is 0 Å². The number of anilines is 1. The largest absolute Gasteiger partial charge is 0.497 e. The Bertz CT molecular complexity index is 1310.